The van der Waals surface area contributed by atoms with E-state index in [-0.39, 0.29) is 11.5 Å². The van der Waals surface area contributed by atoms with E-state index in [2.05, 4.69) is 9.97 Å². The van der Waals surface area contributed by atoms with Crippen LogP contribution in [0.3, 0.4) is 0 Å². The summed E-state index contributed by atoms with van der Waals surface area (Å²) in [6.45, 7) is 0.442. The minimum absolute atomic E-state index is 0.0197. The summed E-state index contributed by atoms with van der Waals surface area (Å²) in [5.74, 6) is 1.40. The van der Waals surface area contributed by atoms with Gasteiger partial charge in [0, 0.05) is 18.5 Å². The van der Waals surface area contributed by atoms with Crippen molar-refractivity contribution in [1.29, 1.82) is 5.26 Å². The summed E-state index contributed by atoms with van der Waals surface area (Å²) in [5, 5.41) is 9.30. The summed E-state index contributed by atoms with van der Waals surface area (Å²) < 4.78 is 0. The van der Waals surface area contributed by atoms with Gasteiger partial charge in [-0.1, -0.05) is 0 Å². The van der Waals surface area contributed by atoms with Crippen molar-refractivity contribution >= 4 is 39.2 Å². The molecule has 1 aliphatic carbocycles. The highest BCUT2D eigenvalue weighted by Gasteiger charge is 2.21. The largest absolute Gasteiger partial charge is 0.344 e. The number of fused-ring (bicyclic) bond motifs is 3. The topological polar surface area (TPSA) is 89.8 Å². The Morgan fingerprint density at radius 3 is 3.12 bits per heavy atom. The summed E-state index contributed by atoms with van der Waals surface area (Å²) in [6, 6.07) is 2.03. The Kier molecular flexibility index (Phi) is 5.21. The zero-order valence-electron chi connectivity index (χ0n) is 13.4. The van der Waals surface area contributed by atoms with E-state index in [0.717, 1.165) is 29.5 Å². The van der Waals surface area contributed by atoms with Crippen molar-refractivity contribution in [2.75, 3.05) is 19.3 Å². The Morgan fingerprint density at radius 2 is 2.33 bits per heavy atom. The lowest BCUT2D eigenvalue weighted by molar-refractivity contribution is -0.127. The molecule has 0 fully saturated rings. The third kappa shape index (κ3) is 3.47. The molecule has 0 unspecified atom stereocenters. The van der Waals surface area contributed by atoms with Gasteiger partial charge in [0.1, 0.15) is 10.7 Å². The number of hydrogen-bond donors (Lipinski definition) is 1. The highest BCUT2D eigenvalue weighted by atomic mass is 32.2. The van der Waals surface area contributed by atoms with Crippen LogP contribution in [0.5, 0.6) is 0 Å². The predicted molar refractivity (Wildman–Crippen MR) is 96.3 cm³/mol. The molecule has 3 rings (SSSR count). The molecule has 1 amide bonds. The molecule has 0 radical (unpaired) electrons. The minimum atomic E-state index is -0.0625. The van der Waals surface area contributed by atoms with Crippen molar-refractivity contribution in [3.63, 3.8) is 0 Å². The van der Waals surface area contributed by atoms with Crippen LogP contribution in [0.4, 0.5) is 0 Å². The van der Waals surface area contributed by atoms with Gasteiger partial charge in [0.25, 0.3) is 5.56 Å². The Hall–Kier alpha value is -1.85. The van der Waals surface area contributed by atoms with Crippen LogP contribution in [0, 0.1) is 11.3 Å². The number of nitrogens with one attached hydrogen (secondary N) is 1. The number of thioether (sulfide) groups is 1. The lowest BCUT2D eigenvalue weighted by atomic mass is 10.2. The normalized spacial score (nSPS) is 13.0. The summed E-state index contributed by atoms with van der Waals surface area (Å²) >= 11 is 3.04. The maximum atomic E-state index is 12.3. The standard InChI is InChI=1S/C16H18N4O2S2/c1-20(7-3-6-17)13(21)9-23-8-12-18-15(22)14-10-4-2-5-11(10)24-16(14)19-12/h2-5,7-9H2,1H3,(H,18,19,22). The molecule has 2 aromatic rings. The van der Waals surface area contributed by atoms with E-state index in [1.807, 2.05) is 6.07 Å². The van der Waals surface area contributed by atoms with Crippen LogP contribution in [0.15, 0.2) is 4.79 Å². The van der Waals surface area contributed by atoms with Crippen molar-refractivity contribution in [1.82, 2.24) is 14.9 Å². The Labute approximate surface area is 147 Å². The molecular formula is C16H18N4O2S2. The smallest absolute Gasteiger partial charge is 0.259 e. The van der Waals surface area contributed by atoms with E-state index in [1.54, 1.807) is 23.3 Å². The number of H-pyrrole nitrogens is 1. The zero-order chi connectivity index (χ0) is 17.1. The van der Waals surface area contributed by atoms with Crippen molar-refractivity contribution in [2.24, 2.45) is 0 Å². The number of aromatic nitrogens is 2. The van der Waals surface area contributed by atoms with Crippen LogP contribution >= 0.6 is 23.1 Å². The fourth-order valence-electron chi connectivity index (χ4n) is 2.80. The van der Waals surface area contributed by atoms with Crippen molar-refractivity contribution in [2.45, 2.75) is 31.4 Å². The zero-order valence-corrected chi connectivity index (χ0v) is 15.1. The average molecular weight is 362 g/mol. The van der Waals surface area contributed by atoms with Gasteiger partial charge >= 0.3 is 0 Å². The van der Waals surface area contributed by atoms with Crippen LogP contribution in [-0.4, -0.2) is 40.1 Å². The summed E-state index contributed by atoms with van der Waals surface area (Å²) in [6.07, 6.45) is 3.47. The molecule has 0 aliphatic heterocycles. The molecule has 1 N–H and O–H groups in total. The van der Waals surface area contributed by atoms with Crippen LogP contribution in [-0.2, 0) is 23.4 Å². The Morgan fingerprint density at radius 1 is 1.50 bits per heavy atom. The second-order valence-electron chi connectivity index (χ2n) is 5.77. The quantitative estimate of drug-likeness (QED) is 0.850. The molecule has 0 saturated heterocycles. The summed E-state index contributed by atoms with van der Waals surface area (Å²) in [7, 11) is 1.69. The highest BCUT2D eigenvalue weighted by molar-refractivity contribution is 7.99. The lowest BCUT2D eigenvalue weighted by Crippen LogP contribution is -2.29. The van der Waals surface area contributed by atoms with E-state index in [4.69, 9.17) is 5.26 Å². The number of aryl methyl sites for hydroxylation is 2. The predicted octanol–water partition coefficient (Wildman–Crippen LogP) is 2.08. The maximum absolute atomic E-state index is 12.3. The van der Waals surface area contributed by atoms with Gasteiger partial charge in [0.15, 0.2) is 0 Å². The number of carbonyl (C=O) groups is 1. The maximum Gasteiger partial charge on any atom is 0.259 e. The first kappa shape index (κ1) is 17.0. The molecule has 0 aromatic carbocycles. The number of hydrogen-bond acceptors (Lipinski definition) is 6. The molecule has 6 nitrogen and oxygen atoms in total. The lowest BCUT2D eigenvalue weighted by Gasteiger charge is -2.14. The van der Waals surface area contributed by atoms with Gasteiger partial charge in [-0.3, -0.25) is 9.59 Å². The Balaban J connectivity index is 1.63. The molecule has 0 saturated carbocycles. The third-order valence-electron chi connectivity index (χ3n) is 4.07. The first-order valence-electron chi connectivity index (χ1n) is 7.82. The molecule has 2 aromatic heterocycles. The van der Waals surface area contributed by atoms with Gasteiger partial charge < -0.3 is 9.88 Å². The first-order chi connectivity index (χ1) is 11.6. The number of nitriles is 1. The molecule has 8 heteroatoms. The number of rotatable bonds is 6. The number of aromatic amines is 1. The molecule has 24 heavy (non-hydrogen) atoms. The molecule has 0 atom stereocenters. The minimum Gasteiger partial charge on any atom is -0.344 e. The molecule has 0 spiro atoms. The molecule has 2 heterocycles. The average Bonchev–Trinajstić information content (AvgIpc) is 3.12. The van der Waals surface area contributed by atoms with Gasteiger partial charge in [-0.2, -0.15) is 5.26 Å². The van der Waals surface area contributed by atoms with Crippen LogP contribution < -0.4 is 5.56 Å². The van der Waals surface area contributed by atoms with E-state index in [0.29, 0.717) is 30.3 Å². The van der Waals surface area contributed by atoms with E-state index in [1.165, 1.54) is 22.2 Å². The van der Waals surface area contributed by atoms with Gasteiger partial charge in [0.2, 0.25) is 5.91 Å². The second kappa shape index (κ2) is 7.36. The number of thiophene rings is 1. The van der Waals surface area contributed by atoms with Gasteiger partial charge in [-0.05, 0) is 24.8 Å². The highest BCUT2D eigenvalue weighted by Crippen LogP contribution is 2.34. The van der Waals surface area contributed by atoms with Gasteiger partial charge in [-0.25, -0.2) is 4.98 Å². The Bertz CT molecular complexity index is 865. The third-order valence-corrected chi connectivity index (χ3v) is 6.19. The van der Waals surface area contributed by atoms with Crippen molar-refractivity contribution in [3.05, 3.63) is 26.6 Å². The molecular weight excluding hydrogens is 344 g/mol. The monoisotopic (exact) mass is 362 g/mol. The summed E-state index contributed by atoms with van der Waals surface area (Å²) in [4.78, 5) is 35.3. The fourth-order valence-corrected chi connectivity index (χ4v) is 4.91. The van der Waals surface area contributed by atoms with Crippen molar-refractivity contribution in [3.8, 4) is 6.07 Å². The van der Waals surface area contributed by atoms with E-state index >= 15 is 0 Å². The van der Waals surface area contributed by atoms with Crippen LogP contribution in [0.1, 0.15) is 29.1 Å². The number of nitrogens with zero attached hydrogens (tertiary/aromatic N) is 3. The number of amides is 1. The van der Waals surface area contributed by atoms with Crippen LogP contribution in [0.25, 0.3) is 10.2 Å². The van der Waals surface area contributed by atoms with Gasteiger partial charge in [0.05, 0.1) is 29.4 Å². The SMILES string of the molecule is CN(CCC#N)C(=O)CSCc1nc2sc3c(c2c(=O)[nH]1)CCC3. The molecule has 1 aliphatic rings. The second-order valence-corrected chi connectivity index (χ2v) is 7.84. The van der Waals surface area contributed by atoms with E-state index < -0.39 is 0 Å². The van der Waals surface area contributed by atoms with Gasteiger partial charge in [-0.15, -0.1) is 23.1 Å². The van der Waals surface area contributed by atoms with E-state index in [9.17, 15) is 9.59 Å². The number of carbonyl (C=O) groups excluding carboxylic acids is 1. The molecule has 126 valence electrons. The first-order valence-corrected chi connectivity index (χ1v) is 9.79. The molecule has 0 bridgehead atoms. The van der Waals surface area contributed by atoms with Crippen molar-refractivity contribution < 1.29 is 4.79 Å². The van der Waals surface area contributed by atoms with Crippen LogP contribution in [0.2, 0.25) is 0 Å². The summed E-state index contributed by atoms with van der Waals surface area (Å²) in [5.41, 5.74) is 1.12. The fraction of sp³-hybridized carbons (Fsp3) is 0.500.